The third-order valence-electron chi connectivity index (χ3n) is 3.63. The maximum Gasteiger partial charge on any atom is 0.262 e. The zero-order valence-corrected chi connectivity index (χ0v) is 14.3. The van der Waals surface area contributed by atoms with Gasteiger partial charge in [0.05, 0.1) is 10.6 Å². The van der Waals surface area contributed by atoms with Crippen LogP contribution in [0.4, 0.5) is 5.69 Å². The van der Waals surface area contributed by atoms with Gasteiger partial charge in [-0.3, -0.25) is 4.72 Å². The first kappa shape index (κ1) is 16.4. The minimum atomic E-state index is -3.68. The molecule has 2 N–H and O–H groups in total. The molecule has 4 nitrogen and oxygen atoms in total. The number of phenols is 1. The van der Waals surface area contributed by atoms with Gasteiger partial charge in [-0.2, -0.15) is 0 Å². The van der Waals surface area contributed by atoms with Gasteiger partial charge in [0.15, 0.2) is 0 Å². The Labute approximate surface area is 131 Å². The second-order valence-electron chi connectivity index (χ2n) is 5.79. The van der Waals surface area contributed by atoms with Crippen molar-refractivity contribution < 1.29 is 13.5 Å². The molecule has 0 saturated carbocycles. The van der Waals surface area contributed by atoms with Gasteiger partial charge < -0.3 is 5.11 Å². The first-order chi connectivity index (χ1) is 10.1. The smallest absolute Gasteiger partial charge is 0.262 e. The van der Waals surface area contributed by atoms with E-state index in [9.17, 15) is 13.5 Å². The normalized spacial score (nSPS) is 11.5. The number of hydrogen-bond acceptors (Lipinski definition) is 3. The van der Waals surface area contributed by atoms with Crippen molar-refractivity contribution in [1.29, 1.82) is 0 Å². The molecule has 0 heterocycles. The average Bonchev–Trinajstić information content (AvgIpc) is 2.31. The Hall–Kier alpha value is -2.01. The van der Waals surface area contributed by atoms with Crippen LogP contribution in [0.5, 0.6) is 5.75 Å². The van der Waals surface area contributed by atoms with Gasteiger partial charge in [-0.1, -0.05) is 17.7 Å². The summed E-state index contributed by atoms with van der Waals surface area (Å²) in [5.74, 6) is 0.126. The van der Waals surface area contributed by atoms with Crippen LogP contribution in [0.1, 0.15) is 27.8 Å². The van der Waals surface area contributed by atoms with Gasteiger partial charge in [0.1, 0.15) is 5.75 Å². The van der Waals surface area contributed by atoms with Crippen molar-refractivity contribution >= 4 is 15.7 Å². The van der Waals surface area contributed by atoms with Gasteiger partial charge in [0.2, 0.25) is 0 Å². The maximum absolute atomic E-state index is 12.8. The van der Waals surface area contributed by atoms with Crippen LogP contribution < -0.4 is 4.72 Å². The van der Waals surface area contributed by atoms with Crippen molar-refractivity contribution in [2.24, 2.45) is 0 Å². The molecule has 22 heavy (non-hydrogen) atoms. The predicted octanol–water partition coefficient (Wildman–Crippen LogP) is 3.74. The highest BCUT2D eigenvalue weighted by Crippen LogP contribution is 2.29. The van der Waals surface area contributed by atoms with Gasteiger partial charge in [0.25, 0.3) is 10.0 Å². The van der Waals surface area contributed by atoms with E-state index in [4.69, 9.17) is 0 Å². The summed E-state index contributed by atoms with van der Waals surface area (Å²) in [4.78, 5) is 0.310. The number of sulfonamides is 1. The van der Waals surface area contributed by atoms with Gasteiger partial charge >= 0.3 is 0 Å². The van der Waals surface area contributed by atoms with E-state index >= 15 is 0 Å². The lowest BCUT2D eigenvalue weighted by atomic mass is 10.1. The summed E-state index contributed by atoms with van der Waals surface area (Å²) in [5.41, 5.74) is 4.35. The quantitative estimate of drug-likeness (QED) is 0.847. The lowest BCUT2D eigenvalue weighted by Crippen LogP contribution is -2.17. The summed E-state index contributed by atoms with van der Waals surface area (Å²) in [6, 6.07) is 6.80. The second-order valence-corrected chi connectivity index (χ2v) is 7.41. The Morgan fingerprint density at radius 2 is 1.27 bits per heavy atom. The summed E-state index contributed by atoms with van der Waals surface area (Å²) in [7, 11) is -3.68. The van der Waals surface area contributed by atoms with E-state index in [0.717, 1.165) is 16.7 Å². The molecule has 0 spiro atoms. The number of aromatic hydroxyl groups is 1. The fourth-order valence-electron chi connectivity index (χ4n) is 2.88. The van der Waals surface area contributed by atoms with E-state index in [2.05, 4.69) is 4.72 Å². The third-order valence-corrected chi connectivity index (χ3v) is 5.28. The van der Waals surface area contributed by atoms with Crippen LogP contribution in [0, 0.1) is 34.6 Å². The number of benzene rings is 2. The van der Waals surface area contributed by atoms with Crippen molar-refractivity contribution in [2.45, 2.75) is 39.5 Å². The molecule has 0 saturated heterocycles. The number of anilines is 1. The van der Waals surface area contributed by atoms with Crippen LogP contribution in [0.2, 0.25) is 0 Å². The summed E-state index contributed by atoms with van der Waals surface area (Å²) >= 11 is 0. The monoisotopic (exact) mass is 319 g/mol. The summed E-state index contributed by atoms with van der Waals surface area (Å²) in [6.07, 6.45) is 0. The molecular weight excluding hydrogens is 298 g/mol. The van der Waals surface area contributed by atoms with E-state index in [1.165, 1.54) is 0 Å². The average molecular weight is 319 g/mol. The van der Waals surface area contributed by atoms with E-state index < -0.39 is 10.0 Å². The summed E-state index contributed by atoms with van der Waals surface area (Å²) in [6.45, 7) is 9.06. The minimum absolute atomic E-state index is 0.126. The standard InChI is InChI=1S/C17H21NO3S/c1-10-6-13(4)17(14(5)7-10)22(20,21)18-16-11(2)8-15(19)9-12(16)3/h6-9,18-19H,1-5H3. The molecule has 0 bridgehead atoms. The lowest BCUT2D eigenvalue weighted by molar-refractivity contribution is 0.474. The number of rotatable bonds is 3. The Morgan fingerprint density at radius 1 is 0.818 bits per heavy atom. The molecule has 0 unspecified atom stereocenters. The molecule has 118 valence electrons. The molecule has 0 aliphatic rings. The molecule has 0 aliphatic carbocycles. The van der Waals surface area contributed by atoms with Crippen molar-refractivity contribution in [3.05, 3.63) is 52.1 Å². The number of hydrogen-bond donors (Lipinski definition) is 2. The molecule has 0 fully saturated rings. The molecular formula is C17H21NO3S. The largest absolute Gasteiger partial charge is 0.508 e. The highest BCUT2D eigenvalue weighted by atomic mass is 32.2. The SMILES string of the molecule is Cc1cc(C)c(S(=O)(=O)Nc2c(C)cc(O)cc2C)c(C)c1. The lowest BCUT2D eigenvalue weighted by Gasteiger charge is -2.17. The van der Waals surface area contributed by atoms with Gasteiger partial charge in [-0.15, -0.1) is 0 Å². The van der Waals surface area contributed by atoms with Crippen LogP contribution >= 0.6 is 0 Å². The van der Waals surface area contributed by atoms with E-state index in [1.807, 2.05) is 19.1 Å². The van der Waals surface area contributed by atoms with Crippen LogP contribution in [-0.4, -0.2) is 13.5 Å². The molecule has 5 heteroatoms. The second kappa shape index (κ2) is 5.65. The van der Waals surface area contributed by atoms with Crippen LogP contribution in [0.25, 0.3) is 0 Å². The Morgan fingerprint density at radius 3 is 1.73 bits per heavy atom. The van der Waals surface area contributed by atoms with Crippen molar-refractivity contribution in [1.82, 2.24) is 0 Å². The molecule has 0 atom stereocenters. The van der Waals surface area contributed by atoms with Crippen molar-refractivity contribution in [3.63, 3.8) is 0 Å². The zero-order valence-electron chi connectivity index (χ0n) is 13.5. The molecule has 2 rings (SSSR count). The molecule has 2 aromatic carbocycles. The van der Waals surface area contributed by atoms with E-state index in [-0.39, 0.29) is 5.75 Å². The fourth-order valence-corrected chi connectivity index (χ4v) is 4.54. The van der Waals surface area contributed by atoms with Crippen LogP contribution in [0.15, 0.2) is 29.2 Å². The summed E-state index contributed by atoms with van der Waals surface area (Å²) < 4.78 is 28.2. The minimum Gasteiger partial charge on any atom is -0.508 e. The highest BCUT2D eigenvalue weighted by Gasteiger charge is 2.21. The summed E-state index contributed by atoms with van der Waals surface area (Å²) in [5, 5.41) is 9.58. The fraction of sp³-hybridized carbons (Fsp3) is 0.294. The zero-order chi connectivity index (χ0) is 16.7. The predicted molar refractivity (Wildman–Crippen MR) is 89.0 cm³/mol. The first-order valence-electron chi connectivity index (χ1n) is 7.02. The Bertz CT molecular complexity index is 793. The maximum atomic E-state index is 12.8. The van der Waals surface area contributed by atoms with Crippen LogP contribution in [-0.2, 0) is 10.0 Å². The van der Waals surface area contributed by atoms with Crippen LogP contribution in [0.3, 0.4) is 0 Å². The number of phenolic OH excluding ortho intramolecular Hbond substituents is 1. The Kier molecular flexibility index (Phi) is 4.20. The van der Waals surface area contributed by atoms with Gasteiger partial charge in [-0.05, 0) is 69.0 Å². The van der Waals surface area contributed by atoms with E-state index in [0.29, 0.717) is 21.7 Å². The molecule has 2 aromatic rings. The molecule has 0 radical (unpaired) electrons. The highest BCUT2D eigenvalue weighted by molar-refractivity contribution is 7.92. The van der Waals surface area contributed by atoms with Gasteiger partial charge in [-0.25, -0.2) is 8.42 Å². The van der Waals surface area contributed by atoms with Gasteiger partial charge in [0, 0.05) is 0 Å². The number of aryl methyl sites for hydroxylation is 5. The molecule has 0 amide bonds. The van der Waals surface area contributed by atoms with Crippen molar-refractivity contribution in [3.8, 4) is 5.75 Å². The third kappa shape index (κ3) is 3.09. The molecule has 0 aromatic heterocycles. The van der Waals surface area contributed by atoms with Crippen molar-refractivity contribution in [2.75, 3.05) is 4.72 Å². The topological polar surface area (TPSA) is 66.4 Å². The Balaban J connectivity index is 2.55. The first-order valence-corrected chi connectivity index (χ1v) is 8.51. The number of nitrogens with one attached hydrogen (secondary N) is 1. The molecule has 0 aliphatic heterocycles. The van der Waals surface area contributed by atoms with E-state index in [1.54, 1.807) is 39.8 Å².